The van der Waals surface area contributed by atoms with Crippen LogP contribution < -0.4 is 5.32 Å². The zero-order chi connectivity index (χ0) is 16.9. The number of fused-ring (bicyclic) bond motifs is 1. The Labute approximate surface area is 143 Å². The molecule has 1 atom stereocenters. The van der Waals surface area contributed by atoms with Crippen molar-refractivity contribution < 1.29 is 9.59 Å². The van der Waals surface area contributed by atoms with E-state index in [0.29, 0.717) is 11.9 Å². The van der Waals surface area contributed by atoms with E-state index in [1.807, 2.05) is 24.0 Å². The number of aryl methyl sites for hydroxylation is 1. The molecule has 1 N–H and O–H groups in total. The molecular weight excluding hydrogens is 304 g/mol. The van der Waals surface area contributed by atoms with Crippen LogP contribution in [0.2, 0.25) is 0 Å². The first-order valence-corrected chi connectivity index (χ1v) is 8.86. The summed E-state index contributed by atoms with van der Waals surface area (Å²) in [6.45, 7) is 5.84. The van der Waals surface area contributed by atoms with Crippen LogP contribution in [0.4, 0.5) is 5.82 Å². The minimum atomic E-state index is -0.154. The third-order valence-electron chi connectivity index (χ3n) is 4.91. The molecule has 2 aliphatic rings. The average molecular weight is 330 g/mol. The Hall–Kier alpha value is -1.95. The second-order valence-corrected chi connectivity index (χ2v) is 6.79. The van der Waals surface area contributed by atoms with Crippen molar-refractivity contribution in [3.63, 3.8) is 0 Å². The van der Waals surface area contributed by atoms with E-state index in [-0.39, 0.29) is 24.7 Å². The SMILES string of the molecule is Cc1ccnc(NC(=O)CCC(=O)N2CCCN3CCC[C@H]3C2)c1. The summed E-state index contributed by atoms with van der Waals surface area (Å²) in [6.07, 6.45) is 5.59. The van der Waals surface area contributed by atoms with Crippen molar-refractivity contribution in [1.29, 1.82) is 0 Å². The fourth-order valence-corrected chi connectivity index (χ4v) is 3.62. The molecule has 1 aromatic heterocycles. The van der Waals surface area contributed by atoms with Crippen LogP contribution in [0.3, 0.4) is 0 Å². The molecule has 0 saturated carbocycles. The van der Waals surface area contributed by atoms with Crippen LogP contribution in [-0.4, -0.2) is 58.8 Å². The fraction of sp³-hybridized carbons (Fsp3) is 0.611. The average Bonchev–Trinajstić information content (AvgIpc) is 2.89. The molecule has 0 bridgehead atoms. The molecule has 0 aromatic carbocycles. The van der Waals surface area contributed by atoms with E-state index >= 15 is 0 Å². The maximum Gasteiger partial charge on any atom is 0.226 e. The van der Waals surface area contributed by atoms with Gasteiger partial charge in [0.15, 0.2) is 0 Å². The van der Waals surface area contributed by atoms with Gasteiger partial charge in [-0.05, 0) is 50.4 Å². The van der Waals surface area contributed by atoms with Gasteiger partial charge in [0, 0.05) is 44.7 Å². The zero-order valence-electron chi connectivity index (χ0n) is 14.3. The first kappa shape index (κ1) is 16.9. The standard InChI is InChI=1S/C18H26N4O2/c1-14-7-8-19-16(12-14)20-17(23)5-6-18(24)22-11-3-10-21-9-2-4-15(21)13-22/h7-8,12,15H,2-6,9-11,13H2,1H3,(H,19,20,23)/t15-/m0/s1. The lowest BCUT2D eigenvalue weighted by atomic mass is 10.2. The summed E-state index contributed by atoms with van der Waals surface area (Å²) in [6, 6.07) is 4.22. The minimum absolute atomic E-state index is 0.0936. The second-order valence-electron chi connectivity index (χ2n) is 6.79. The van der Waals surface area contributed by atoms with Crippen molar-refractivity contribution in [3.05, 3.63) is 23.9 Å². The molecule has 6 nitrogen and oxygen atoms in total. The van der Waals surface area contributed by atoms with Crippen molar-refractivity contribution in [3.8, 4) is 0 Å². The number of nitrogens with one attached hydrogen (secondary N) is 1. The molecule has 0 spiro atoms. The molecule has 3 heterocycles. The Bertz CT molecular complexity index is 604. The van der Waals surface area contributed by atoms with Crippen LogP contribution in [0.25, 0.3) is 0 Å². The van der Waals surface area contributed by atoms with Crippen molar-refractivity contribution in [2.24, 2.45) is 0 Å². The highest BCUT2D eigenvalue weighted by atomic mass is 16.2. The predicted octanol–water partition coefficient (Wildman–Crippen LogP) is 1.81. The number of anilines is 1. The highest BCUT2D eigenvalue weighted by molar-refractivity contribution is 5.92. The number of carbonyl (C=O) groups is 2. The van der Waals surface area contributed by atoms with Gasteiger partial charge >= 0.3 is 0 Å². The van der Waals surface area contributed by atoms with Gasteiger partial charge in [-0.3, -0.25) is 14.5 Å². The Morgan fingerprint density at radius 3 is 2.92 bits per heavy atom. The van der Waals surface area contributed by atoms with Gasteiger partial charge in [0.2, 0.25) is 11.8 Å². The fourth-order valence-electron chi connectivity index (χ4n) is 3.62. The van der Waals surface area contributed by atoms with Crippen LogP contribution in [0, 0.1) is 6.92 Å². The number of amides is 2. The Kier molecular flexibility index (Phi) is 5.45. The zero-order valence-corrected chi connectivity index (χ0v) is 14.3. The quantitative estimate of drug-likeness (QED) is 0.914. The number of nitrogens with zero attached hydrogens (tertiary/aromatic N) is 3. The summed E-state index contributed by atoms with van der Waals surface area (Å²) < 4.78 is 0. The van der Waals surface area contributed by atoms with E-state index in [1.165, 1.54) is 19.4 Å². The highest BCUT2D eigenvalue weighted by Gasteiger charge is 2.30. The number of rotatable bonds is 4. The van der Waals surface area contributed by atoms with Gasteiger partial charge in [0.05, 0.1) is 0 Å². The van der Waals surface area contributed by atoms with Crippen molar-refractivity contribution >= 4 is 17.6 Å². The van der Waals surface area contributed by atoms with Crippen molar-refractivity contribution in [2.75, 3.05) is 31.5 Å². The number of carbonyl (C=O) groups excluding carboxylic acids is 2. The highest BCUT2D eigenvalue weighted by Crippen LogP contribution is 2.21. The van der Waals surface area contributed by atoms with Crippen LogP contribution in [0.1, 0.15) is 37.7 Å². The number of pyridine rings is 1. The van der Waals surface area contributed by atoms with Crippen LogP contribution in [0.5, 0.6) is 0 Å². The van der Waals surface area contributed by atoms with Gasteiger partial charge in [-0.25, -0.2) is 4.98 Å². The summed E-state index contributed by atoms with van der Waals surface area (Å²) in [5, 5.41) is 2.76. The van der Waals surface area contributed by atoms with Crippen LogP contribution in [-0.2, 0) is 9.59 Å². The Morgan fingerprint density at radius 1 is 1.25 bits per heavy atom. The molecule has 0 aliphatic carbocycles. The van der Waals surface area contributed by atoms with Gasteiger partial charge in [0.25, 0.3) is 0 Å². The summed E-state index contributed by atoms with van der Waals surface area (Å²) in [7, 11) is 0. The maximum atomic E-state index is 12.5. The molecule has 24 heavy (non-hydrogen) atoms. The number of hydrogen-bond donors (Lipinski definition) is 1. The molecule has 130 valence electrons. The maximum absolute atomic E-state index is 12.5. The molecule has 2 amide bonds. The largest absolute Gasteiger partial charge is 0.341 e. The van der Waals surface area contributed by atoms with Gasteiger partial charge in [-0.2, -0.15) is 0 Å². The van der Waals surface area contributed by atoms with Crippen molar-refractivity contribution in [2.45, 2.75) is 45.1 Å². The van der Waals surface area contributed by atoms with E-state index in [2.05, 4.69) is 15.2 Å². The molecular formula is C18H26N4O2. The summed E-state index contributed by atoms with van der Waals surface area (Å²) in [5.74, 6) is 0.485. The van der Waals surface area contributed by atoms with Crippen molar-refractivity contribution in [1.82, 2.24) is 14.8 Å². The number of aromatic nitrogens is 1. The normalized spacial score (nSPS) is 21.2. The third kappa shape index (κ3) is 4.32. The lowest BCUT2D eigenvalue weighted by Gasteiger charge is -2.25. The minimum Gasteiger partial charge on any atom is -0.341 e. The second kappa shape index (κ2) is 7.75. The first-order valence-electron chi connectivity index (χ1n) is 8.86. The topological polar surface area (TPSA) is 65.5 Å². The molecule has 2 saturated heterocycles. The monoisotopic (exact) mass is 330 g/mol. The molecule has 1 aromatic rings. The third-order valence-corrected chi connectivity index (χ3v) is 4.91. The van der Waals surface area contributed by atoms with Gasteiger partial charge in [0.1, 0.15) is 5.82 Å². The number of hydrogen-bond acceptors (Lipinski definition) is 4. The van der Waals surface area contributed by atoms with E-state index in [9.17, 15) is 9.59 Å². The van der Waals surface area contributed by atoms with E-state index in [4.69, 9.17) is 0 Å². The molecule has 3 rings (SSSR count). The summed E-state index contributed by atoms with van der Waals surface area (Å²) in [5.41, 5.74) is 1.04. The van der Waals surface area contributed by atoms with Gasteiger partial charge < -0.3 is 10.2 Å². The molecule has 2 fully saturated rings. The predicted molar refractivity (Wildman–Crippen MR) is 92.6 cm³/mol. The van der Waals surface area contributed by atoms with Gasteiger partial charge in [-0.15, -0.1) is 0 Å². The first-order chi connectivity index (χ1) is 11.6. The summed E-state index contributed by atoms with van der Waals surface area (Å²) in [4.78, 5) is 33.1. The molecule has 2 aliphatic heterocycles. The molecule has 6 heteroatoms. The van der Waals surface area contributed by atoms with E-state index < -0.39 is 0 Å². The van der Waals surface area contributed by atoms with Crippen LogP contribution in [0.15, 0.2) is 18.3 Å². The Balaban J connectivity index is 1.47. The van der Waals surface area contributed by atoms with E-state index in [0.717, 1.165) is 31.6 Å². The lowest BCUT2D eigenvalue weighted by Crippen LogP contribution is -2.39. The molecule has 0 radical (unpaired) electrons. The summed E-state index contributed by atoms with van der Waals surface area (Å²) >= 11 is 0. The van der Waals surface area contributed by atoms with Crippen LogP contribution >= 0.6 is 0 Å². The smallest absolute Gasteiger partial charge is 0.226 e. The Morgan fingerprint density at radius 2 is 2.08 bits per heavy atom. The lowest BCUT2D eigenvalue weighted by molar-refractivity contribution is -0.133. The van der Waals surface area contributed by atoms with Gasteiger partial charge in [-0.1, -0.05) is 0 Å². The molecule has 0 unspecified atom stereocenters. The van der Waals surface area contributed by atoms with E-state index in [1.54, 1.807) is 6.20 Å².